The average Bonchev–Trinajstić information content (AvgIpc) is 3.19. The van der Waals surface area contributed by atoms with Crippen LogP contribution in [0.5, 0.6) is 0 Å². The van der Waals surface area contributed by atoms with Crippen molar-refractivity contribution in [3.63, 3.8) is 0 Å². The lowest BCUT2D eigenvalue weighted by molar-refractivity contribution is 0.240. The molecule has 1 aromatic carbocycles. The summed E-state index contributed by atoms with van der Waals surface area (Å²) < 4.78 is 1.86. The van der Waals surface area contributed by atoms with Crippen molar-refractivity contribution in [2.45, 2.75) is 33.2 Å². The van der Waals surface area contributed by atoms with Crippen molar-refractivity contribution in [3.8, 4) is 21.1 Å². The molecule has 3 aromatic heterocycles. The molecule has 140 valence electrons. The largest absolute Gasteiger partial charge is 0.296 e. The van der Waals surface area contributed by atoms with E-state index in [0.717, 1.165) is 51.9 Å². The molecule has 0 radical (unpaired) electrons. The molecular weight excluding hydrogens is 368 g/mol. The molecule has 0 unspecified atom stereocenters. The van der Waals surface area contributed by atoms with Gasteiger partial charge in [-0.05, 0) is 41.7 Å². The number of aryl methyl sites for hydroxylation is 1. The Bertz CT molecular complexity index is 1240. The second-order valence-electron chi connectivity index (χ2n) is 8.06. The topological polar surface area (TPSA) is 60.7 Å². The zero-order valence-electron chi connectivity index (χ0n) is 15.8. The maximum Gasteiger partial charge on any atom is 0.261 e. The van der Waals surface area contributed by atoms with Gasteiger partial charge in [-0.1, -0.05) is 26.0 Å². The first-order valence-corrected chi connectivity index (χ1v) is 10.2. The van der Waals surface area contributed by atoms with Crippen LogP contribution in [-0.2, 0) is 13.0 Å². The third kappa shape index (κ3) is 2.94. The van der Waals surface area contributed by atoms with E-state index in [-0.39, 0.29) is 11.0 Å². The number of aromatic nitrogens is 4. The molecule has 1 aliphatic heterocycles. The first-order valence-electron chi connectivity index (χ1n) is 9.41. The van der Waals surface area contributed by atoms with Gasteiger partial charge in [0.15, 0.2) is 0 Å². The van der Waals surface area contributed by atoms with Crippen LogP contribution in [0.25, 0.3) is 32.0 Å². The Morgan fingerprint density at radius 3 is 2.86 bits per heavy atom. The summed E-state index contributed by atoms with van der Waals surface area (Å²) >= 11 is 1.60. The molecule has 0 N–H and O–H groups in total. The number of pyridine rings is 1. The minimum atomic E-state index is 0.0674. The summed E-state index contributed by atoms with van der Waals surface area (Å²) in [6.45, 7) is 5.14. The summed E-state index contributed by atoms with van der Waals surface area (Å²) in [6.07, 6.45) is 5.53. The van der Waals surface area contributed by atoms with E-state index < -0.39 is 0 Å². The normalized spacial score (nSPS) is 15.5. The molecule has 0 saturated heterocycles. The molecule has 0 bridgehead atoms. The van der Waals surface area contributed by atoms with Gasteiger partial charge >= 0.3 is 0 Å². The van der Waals surface area contributed by atoms with Crippen LogP contribution in [0, 0.1) is 5.41 Å². The Morgan fingerprint density at radius 1 is 1.14 bits per heavy atom. The molecule has 5 rings (SSSR count). The van der Waals surface area contributed by atoms with E-state index >= 15 is 0 Å². The third-order valence-electron chi connectivity index (χ3n) is 5.32. The van der Waals surface area contributed by atoms with Crippen LogP contribution in [-0.4, -0.2) is 19.5 Å². The molecule has 1 aliphatic rings. The first-order chi connectivity index (χ1) is 13.5. The van der Waals surface area contributed by atoms with Crippen molar-refractivity contribution in [2.24, 2.45) is 5.41 Å². The zero-order chi connectivity index (χ0) is 19.3. The molecular formula is C22H20N4OS. The molecule has 4 heterocycles. The van der Waals surface area contributed by atoms with Gasteiger partial charge < -0.3 is 0 Å². The van der Waals surface area contributed by atoms with Crippen molar-refractivity contribution in [1.82, 2.24) is 19.5 Å². The highest BCUT2D eigenvalue weighted by atomic mass is 32.1. The number of rotatable bonds is 2. The van der Waals surface area contributed by atoms with E-state index in [2.05, 4.69) is 23.8 Å². The molecule has 0 atom stereocenters. The fourth-order valence-electron chi connectivity index (χ4n) is 3.75. The molecule has 0 spiro atoms. The van der Waals surface area contributed by atoms with Gasteiger partial charge in [0.25, 0.3) is 5.56 Å². The highest BCUT2D eigenvalue weighted by Gasteiger charge is 2.27. The molecule has 0 fully saturated rings. The quantitative estimate of drug-likeness (QED) is 0.505. The van der Waals surface area contributed by atoms with Crippen LogP contribution in [0.2, 0.25) is 0 Å². The van der Waals surface area contributed by atoms with Crippen LogP contribution in [0.1, 0.15) is 26.1 Å². The van der Waals surface area contributed by atoms with Gasteiger partial charge in [0.1, 0.15) is 10.8 Å². The smallest absolute Gasteiger partial charge is 0.261 e. The predicted octanol–water partition coefficient (Wildman–Crippen LogP) is 4.55. The summed E-state index contributed by atoms with van der Waals surface area (Å²) in [5.41, 5.74) is 2.86. The van der Waals surface area contributed by atoms with E-state index in [0.29, 0.717) is 5.39 Å². The van der Waals surface area contributed by atoms with Crippen molar-refractivity contribution in [1.29, 1.82) is 0 Å². The number of nitrogens with zero attached hydrogens (tertiary/aromatic N) is 4. The highest BCUT2D eigenvalue weighted by molar-refractivity contribution is 7.18. The van der Waals surface area contributed by atoms with Crippen LogP contribution in [0.15, 0.2) is 53.6 Å². The summed E-state index contributed by atoms with van der Waals surface area (Å²) in [5, 5.41) is 1.57. The summed E-state index contributed by atoms with van der Waals surface area (Å²) in [6, 6.07) is 11.7. The number of hydrogen-bond acceptors (Lipinski definition) is 5. The molecule has 4 aromatic rings. The van der Waals surface area contributed by atoms with E-state index in [1.165, 1.54) is 0 Å². The predicted molar refractivity (Wildman–Crippen MR) is 112 cm³/mol. The van der Waals surface area contributed by atoms with Gasteiger partial charge in [-0.2, -0.15) is 0 Å². The Hall–Kier alpha value is -2.86. The molecule has 6 heteroatoms. The van der Waals surface area contributed by atoms with Gasteiger partial charge in [0, 0.05) is 25.4 Å². The highest BCUT2D eigenvalue weighted by Crippen LogP contribution is 2.33. The van der Waals surface area contributed by atoms with Gasteiger partial charge in [0.2, 0.25) is 0 Å². The van der Waals surface area contributed by atoms with Crippen molar-refractivity contribution in [3.05, 3.63) is 65.0 Å². The monoisotopic (exact) mass is 388 g/mol. The lowest BCUT2D eigenvalue weighted by Crippen LogP contribution is -2.36. The van der Waals surface area contributed by atoms with E-state index in [1.807, 2.05) is 47.2 Å². The standard InChI is InChI=1S/C22H20N4OS/c1-22(2)9-8-19-25-17-11-14(6-7-15(17)21(27)26(19)13-22)18-12-24-20(28-18)16-5-3-4-10-23-16/h3-7,10-12H,8-9,13H2,1-2H3. The SMILES string of the molecule is CC1(C)CCc2nc3cc(-c4cnc(-c5ccccn5)s4)ccc3c(=O)n2C1. The molecule has 0 amide bonds. The Balaban J connectivity index is 1.58. The first kappa shape index (κ1) is 17.3. The van der Waals surface area contributed by atoms with Crippen LogP contribution in [0.4, 0.5) is 0 Å². The van der Waals surface area contributed by atoms with Crippen LogP contribution in [0.3, 0.4) is 0 Å². The van der Waals surface area contributed by atoms with E-state index in [9.17, 15) is 4.79 Å². The summed E-state index contributed by atoms with van der Waals surface area (Å²) in [5.74, 6) is 0.896. The van der Waals surface area contributed by atoms with Gasteiger partial charge in [0.05, 0.1) is 21.5 Å². The fourth-order valence-corrected chi connectivity index (χ4v) is 4.64. The molecule has 5 nitrogen and oxygen atoms in total. The number of benzene rings is 1. The van der Waals surface area contributed by atoms with Gasteiger partial charge in [-0.15, -0.1) is 11.3 Å². The van der Waals surface area contributed by atoms with Crippen LogP contribution < -0.4 is 5.56 Å². The maximum atomic E-state index is 13.0. The Morgan fingerprint density at radius 2 is 2.04 bits per heavy atom. The fraction of sp³-hybridized carbons (Fsp3) is 0.273. The van der Waals surface area contributed by atoms with Crippen molar-refractivity contribution in [2.75, 3.05) is 0 Å². The van der Waals surface area contributed by atoms with Crippen LogP contribution >= 0.6 is 11.3 Å². The minimum absolute atomic E-state index is 0.0674. The zero-order valence-corrected chi connectivity index (χ0v) is 16.7. The average molecular weight is 388 g/mol. The molecule has 28 heavy (non-hydrogen) atoms. The number of thiazole rings is 1. The Kier molecular flexibility index (Phi) is 3.91. The minimum Gasteiger partial charge on any atom is -0.296 e. The summed E-state index contributed by atoms with van der Waals surface area (Å²) in [4.78, 5) is 27.8. The maximum absolute atomic E-state index is 13.0. The number of fused-ring (bicyclic) bond motifs is 2. The lowest BCUT2D eigenvalue weighted by atomic mass is 9.85. The van der Waals surface area contributed by atoms with E-state index in [4.69, 9.17) is 4.98 Å². The lowest BCUT2D eigenvalue weighted by Gasteiger charge is -2.31. The molecule has 0 aliphatic carbocycles. The number of hydrogen-bond donors (Lipinski definition) is 0. The molecule has 0 saturated carbocycles. The second kappa shape index (κ2) is 6.34. The second-order valence-corrected chi connectivity index (χ2v) is 9.09. The summed E-state index contributed by atoms with van der Waals surface area (Å²) in [7, 11) is 0. The van der Waals surface area contributed by atoms with Gasteiger partial charge in [-0.25, -0.2) is 9.97 Å². The van der Waals surface area contributed by atoms with Gasteiger partial charge in [-0.3, -0.25) is 14.3 Å². The van der Waals surface area contributed by atoms with Crippen molar-refractivity contribution >= 4 is 22.2 Å². The third-order valence-corrected chi connectivity index (χ3v) is 6.39. The van der Waals surface area contributed by atoms with Crippen molar-refractivity contribution < 1.29 is 0 Å². The van der Waals surface area contributed by atoms with E-state index in [1.54, 1.807) is 17.5 Å². The Labute approximate surface area is 166 Å².